The Bertz CT molecular complexity index is 638. The van der Waals surface area contributed by atoms with Crippen molar-refractivity contribution >= 4 is 17.9 Å². The number of carbonyl (C=O) groups is 1. The van der Waals surface area contributed by atoms with Gasteiger partial charge in [0.05, 0.1) is 23.5 Å². The largest absolute Gasteiger partial charge is 0.493 e. The molecule has 0 aliphatic rings. The third kappa shape index (κ3) is 2.93. The quantitative estimate of drug-likeness (QED) is 0.796. The molecule has 0 radical (unpaired) electrons. The second kappa shape index (κ2) is 5.96. The fraction of sp³-hybridized carbons (Fsp3) is 0.286. The number of aromatic nitrogens is 2. The molecule has 106 valence electrons. The van der Waals surface area contributed by atoms with Gasteiger partial charge in [-0.2, -0.15) is 5.10 Å². The summed E-state index contributed by atoms with van der Waals surface area (Å²) in [5.74, 6) is 0.845. The molecule has 0 spiro atoms. The standard InChI is InChI=1S/C14H15ClN2O3/c1-9-4-11(17(2)16-9)8-20-14-12(15)5-10(7-18)6-13(14)19-3/h4-7H,8H2,1-3H3. The van der Waals surface area contributed by atoms with Crippen LogP contribution in [0.3, 0.4) is 0 Å². The van der Waals surface area contributed by atoms with Crippen LogP contribution in [0.2, 0.25) is 5.02 Å². The van der Waals surface area contributed by atoms with E-state index < -0.39 is 0 Å². The molecule has 0 fully saturated rings. The molecule has 20 heavy (non-hydrogen) atoms. The van der Waals surface area contributed by atoms with Crippen molar-refractivity contribution in [2.45, 2.75) is 13.5 Å². The average molecular weight is 295 g/mol. The maximum absolute atomic E-state index is 10.8. The molecule has 0 saturated carbocycles. The maximum atomic E-state index is 10.8. The van der Waals surface area contributed by atoms with E-state index in [0.717, 1.165) is 11.4 Å². The smallest absolute Gasteiger partial charge is 0.180 e. The van der Waals surface area contributed by atoms with E-state index in [1.165, 1.54) is 7.11 Å². The SMILES string of the molecule is COc1cc(C=O)cc(Cl)c1OCc1cc(C)nn1C. The second-order valence-corrected chi connectivity index (χ2v) is 4.75. The fourth-order valence-electron chi connectivity index (χ4n) is 1.89. The van der Waals surface area contributed by atoms with Crippen LogP contribution < -0.4 is 9.47 Å². The van der Waals surface area contributed by atoms with Crippen LogP contribution in [0.15, 0.2) is 18.2 Å². The van der Waals surface area contributed by atoms with E-state index in [4.69, 9.17) is 21.1 Å². The highest BCUT2D eigenvalue weighted by atomic mass is 35.5. The first kappa shape index (κ1) is 14.4. The lowest BCUT2D eigenvalue weighted by Gasteiger charge is -2.13. The van der Waals surface area contributed by atoms with Crippen molar-refractivity contribution in [2.24, 2.45) is 7.05 Å². The van der Waals surface area contributed by atoms with Crippen LogP contribution in [0.4, 0.5) is 0 Å². The zero-order chi connectivity index (χ0) is 14.7. The van der Waals surface area contributed by atoms with E-state index >= 15 is 0 Å². The van der Waals surface area contributed by atoms with Crippen LogP contribution >= 0.6 is 11.6 Å². The van der Waals surface area contributed by atoms with Crippen molar-refractivity contribution in [1.82, 2.24) is 9.78 Å². The molecular weight excluding hydrogens is 280 g/mol. The van der Waals surface area contributed by atoms with Gasteiger partial charge in [-0.05, 0) is 25.1 Å². The summed E-state index contributed by atoms with van der Waals surface area (Å²) in [4.78, 5) is 10.8. The number of hydrogen-bond acceptors (Lipinski definition) is 4. The van der Waals surface area contributed by atoms with E-state index in [1.54, 1.807) is 16.8 Å². The van der Waals surface area contributed by atoms with Gasteiger partial charge in [-0.25, -0.2) is 0 Å². The highest BCUT2D eigenvalue weighted by Gasteiger charge is 2.13. The van der Waals surface area contributed by atoms with Gasteiger partial charge in [0, 0.05) is 12.6 Å². The number of hydrogen-bond donors (Lipinski definition) is 0. The van der Waals surface area contributed by atoms with Crippen LogP contribution in [0.25, 0.3) is 0 Å². The Kier molecular flexibility index (Phi) is 4.29. The first-order valence-corrected chi connectivity index (χ1v) is 6.38. The molecule has 1 aromatic heterocycles. The molecule has 0 amide bonds. The van der Waals surface area contributed by atoms with Crippen LogP contribution in [0, 0.1) is 6.92 Å². The van der Waals surface area contributed by atoms with Crippen LogP contribution in [0.5, 0.6) is 11.5 Å². The van der Waals surface area contributed by atoms with Gasteiger partial charge in [-0.15, -0.1) is 0 Å². The zero-order valence-corrected chi connectivity index (χ0v) is 12.3. The number of carbonyl (C=O) groups excluding carboxylic acids is 1. The number of aryl methyl sites for hydroxylation is 2. The van der Waals surface area contributed by atoms with Crippen molar-refractivity contribution in [2.75, 3.05) is 7.11 Å². The van der Waals surface area contributed by atoms with Gasteiger partial charge in [-0.3, -0.25) is 9.48 Å². The first-order chi connectivity index (χ1) is 9.55. The molecule has 0 aliphatic carbocycles. The average Bonchev–Trinajstić information content (AvgIpc) is 2.74. The summed E-state index contributed by atoms with van der Waals surface area (Å²) in [6, 6.07) is 5.06. The number of rotatable bonds is 5. The minimum absolute atomic E-state index is 0.313. The van der Waals surface area contributed by atoms with Crippen molar-refractivity contribution in [3.8, 4) is 11.5 Å². The minimum Gasteiger partial charge on any atom is -0.493 e. The molecule has 0 N–H and O–H groups in total. The monoisotopic (exact) mass is 294 g/mol. The highest BCUT2D eigenvalue weighted by Crippen LogP contribution is 2.36. The lowest BCUT2D eigenvalue weighted by molar-refractivity contribution is 0.112. The van der Waals surface area contributed by atoms with Gasteiger partial charge in [-0.1, -0.05) is 11.6 Å². The number of aldehydes is 1. The lowest BCUT2D eigenvalue weighted by Crippen LogP contribution is -2.04. The number of methoxy groups -OCH3 is 1. The molecule has 2 aromatic rings. The summed E-state index contributed by atoms with van der Waals surface area (Å²) in [5, 5.41) is 4.58. The fourth-order valence-corrected chi connectivity index (χ4v) is 2.17. The topological polar surface area (TPSA) is 53.4 Å². The first-order valence-electron chi connectivity index (χ1n) is 6.00. The Morgan fingerprint density at radius 3 is 2.70 bits per heavy atom. The van der Waals surface area contributed by atoms with Crippen molar-refractivity contribution in [1.29, 1.82) is 0 Å². The minimum atomic E-state index is 0.313. The van der Waals surface area contributed by atoms with Gasteiger partial charge < -0.3 is 9.47 Å². The van der Waals surface area contributed by atoms with Gasteiger partial charge >= 0.3 is 0 Å². The molecule has 0 saturated heterocycles. The molecule has 1 aromatic carbocycles. The number of ether oxygens (including phenoxy) is 2. The van der Waals surface area contributed by atoms with E-state index in [-0.39, 0.29) is 0 Å². The normalized spacial score (nSPS) is 10.4. The van der Waals surface area contributed by atoms with E-state index in [9.17, 15) is 4.79 Å². The van der Waals surface area contributed by atoms with Crippen LogP contribution in [0.1, 0.15) is 21.7 Å². The number of halogens is 1. The Labute approximate surface area is 122 Å². The summed E-state index contributed by atoms with van der Waals surface area (Å²) < 4.78 is 12.7. The third-order valence-corrected chi connectivity index (χ3v) is 3.13. The Morgan fingerprint density at radius 1 is 1.40 bits per heavy atom. The maximum Gasteiger partial charge on any atom is 0.180 e. The van der Waals surface area contributed by atoms with Crippen molar-refractivity contribution in [3.05, 3.63) is 40.2 Å². The number of nitrogens with zero attached hydrogens (tertiary/aromatic N) is 2. The molecule has 2 rings (SSSR count). The molecule has 6 heteroatoms. The Balaban J connectivity index is 2.25. The highest BCUT2D eigenvalue weighted by molar-refractivity contribution is 6.32. The van der Waals surface area contributed by atoms with Gasteiger partial charge in [0.2, 0.25) is 0 Å². The van der Waals surface area contributed by atoms with Crippen LogP contribution in [-0.2, 0) is 13.7 Å². The second-order valence-electron chi connectivity index (χ2n) is 4.34. The molecule has 0 bridgehead atoms. The van der Waals surface area contributed by atoms with Gasteiger partial charge in [0.15, 0.2) is 11.5 Å². The number of benzene rings is 1. The van der Waals surface area contributed by atoms with Gasteiger partial charge in [0.1, 0.15) is 12.9 Å². The van der Waals surface area contributed by atoms with Crippen LogP contribution in [-0.4, -0.2) is 23.2 Å². The Morgan fingerprint density at radius 2 is 2.15 bits per heavy atom. The summed E-state index contributed by atoms with van der Waals surface area (Å²) in [6.07, 6.45) is 0.711. The summed E-state index contributed by atoms with van der Waals surface area (Å²) >= 11 is 6.12. The predicted molar refractivity (Wildman–Crippen MR) is 75.7 cm³/mol. The summed E-state index contributed by atoms with van der Waals surface area (Å²) in [6.45, 7) is 2.23. The molecule has 1 heterocycles. The predicted octanol–water partition coefficient (Wildman–Crippen LogP) is 2.78. The van der Waals surface area contributed by atoms with Crippen molar-refractivity contribution < 1.29 is 14.3 Å². The summed E-state index contributed by atoms with van der Waals surface area (Å²) in [7, 11) is 3.35. The molecule has 0 unspecified atom stereocenters. The summed E-state index contributed by atoms with van der Waals surface area (Å²) in [5.41, 5.74) is 2.27. The zero-order valence-electron chi connectivity index (χ0n) is 11.5. The van der Waals surface area contributed by atoms with Crippen molar-refractivity contribution in [3.63, 3.8) is 0 Å². The Hall–Kier alpha value is -2.01. The van der Waals surface area contributed by atoms with E-state index in [1.807, 2.05) is 20.0 Å². The molecule has 0 aliphatic heterocycles. The lowest BCUT2D eigenvalue weighted by atomic mass is 10.2. The molecule has 0 atom stereocenters. The van der Waals surface area contributed by atoms with E-state index in [0.29, 0.717) is 35.0 Å². The van der Waals surface area contributed by atoms with E-state index in [2.05, 4.69) is 5.10 Å². The third-order valence-electron chi connectivity index (χ3n) is 2.85. The molecular formula is C14H15ClN2O3. The molecule has 5 nitrogen and oxygen atoms in total. The van der Waals surface area contributed by atoms with Gasteiger partial charge in [0.25, 0.3) is 0 Å².